The molecule has 0 unspecified atom stereocenters. The number of nitrogens with zero attached hydrogens (tertiary/aromatic N) is 1. The normalized spacial score (nSPS) is 9.65. The van der Waals surface area contributed by atoms with Crippen molar-refractivity contribution < 1.29 is 15.0 Å². The van der Waals surface area contributed by atoms with Gasteiger partial charge in [-0.05, 0) is 31.8 Å². The standard InChI is InChI=1S/C7H6O3.C6H15N/c8-6-4-2-1-3-5(6)7(9)10;1-4-7(5-2)6-3/h1-4,8H,(H,9,10);4-6H2,1-3H3. The predicted molar refractivity (Wildman–Crippen MR) is 68.5 cm³/mol. The Labute approximate surface area is 103 Å². The van der Waals surface area contributed by atoms with E-state index in [0.29, 0.717) is 0 Å². The van der Waals surface area contributed by atoms with Gasteiger partial charge in [0, 0.05) is 0 Å². The lowest BCUT2D eigenvalue weighted by Gasteiger charge is -2.13. The van der Waals surface area contributed by atoms with Gasteiger partial charge in [0.1, 0.15) is 11.3 Å². The summed E-state index contributed by atoms with van der Waals surface area (Å²) in [6, 6.07) is 5.81. The highest BCUT2D eigenvalue weighted by Gasteiger charge is 2.05. The fourth-order valence-electron chi connectivity index (χ4n) is 1.33. The van der Waals surface area contributed by atoms with E-state index >= 15 is 0 Å². The zero-order chi connectivity index (χ0) is 13.3. The molecule has 0 aliphatic rings. The summed E-state index contributed by atoms with van der Waals surface area (Å²) in [7, 11) is 0. The van der Waals surface area contributed by atoms with Crippen LogP contribution in [-0.4, -0.2) is 40.7 Å². The van der Waals surface area contributed by atoms with Crippen LogP contribution in [0.5, 0.6) is 5.75 Å². The number of hydrogen-bond donors (Lipinski definition) is 2. The number of phenols is 1. The average molecular weight is 239 g/mol. The minimum Gasteiger partial charge on any atom is -0.507 e. The van der Waals surface area contributed by atoms with E-state index in [1.807, 2.05) is 0 Å². The first kappa shape index (κ1) is 15.4. The summed E-state index contributed by atoms with van der Waals surface area (Å²) in [5, 5.41) is 17.3. The number of carboxylic acids is 1. The maximum Gasteiger partial charge on any atom is 0.339 e. The number of carboxylic acid groups (broad SMARTS) is 1. The molecule has 0 aromatic heterocycles. The lowest BCUT2D eigenvalue weighted by Crippen LogP contribution is -2.21. The highest BCUT2D eigenvalue weighted by Crippen LogP contribution is 2.14. The van der Waals surface area contributed by atoms with Crippen molar-refractivity contribution in [2.75, 3.05) is 19.6 Å². The lowest BCUT2D eigenvalue weighted by molar-refractivity contribution is 0.0694. The molecule has 0 aliphatic heterocycles. The summed E-state index contributed by atoms with van der Waals surface area (Å²) in [6.45, 7) is 10.1. The fraction of sp³-hybridized carbons (Fsp3) is 0.462. The molecule has 1 aromatic carbocycles. The number of aromatic hydroxyl groups is 1. The van der Waals surface area contributed by atoms with E-state index in [1.165, 1.54) is 31.8 Å². The molecule has 0 amide bonds. The Balaban J connectivity index is 0.000000325. The van der Waals surface area contributed by atoms with Crippen molar-refractivity contribution >= 4 is 5.97 Å². The molecule has 0 saturated carbocycles. The van der Waals surface area contributed by atoms with Gasteiger partial charge in [0.2, 0.25) is 0 Å². The first-order valence-corrected chi connectivity index (χ1v) is 5.80. The van der Waals surface area contributed by atoms with Gasteiger partial charge in [-0.2, -0.15) is 0 Å². The summed E-state index contributed by atoms with van der Waals surface area (Å²) >= 11 is 0. The van der Waals surface area contributed by atoms with Crippen LogP contribution in [0.2, 0.25) is 0 Å². The second kappa shape index (κ2) is 8.58. The molecule has 1 aromatic rings. The molecule has 0 atom stereocenters. The summed E-state index contributed by atoms with van der Waals surface area (Å²) < 4.78 is 0. The van der Waals surface area contributed by atoms with Crippen LogP contribution in [0, 0.1) is 0 Å². The van der Waals surface area contributed by atoms with Gasteiger partial charge >= 0.3 is 5.97 Å². The molecule has 0 fully saturated rings. The second-order valence-electron chi connectivity index (χ2n) is 3.44. The summed E-state index contributed by atoms with van der Waals surface area (Å²) in [4.78, 5) is 12.6. The van der Waals surface area contributed by atoms with Gasteiger partial charge in [-0.1, -0.05) is 32.9 Å². The number of carbonyl (C=O) groups is 1. The summed E-state index contributed by atoms with van der Waals surface area (Å²) in [5.41, 5.74) is -0.0671. The molecule has 0 heterocycles. The van der Waals surface area contributed by atoms with Crippen LogP contribution in [-0.2, 0) is 0 Å². The second-order valence-corrected chi connectivity index (χ2v) is 3.44. The van der Waals surface area contributed by atoms with Gasteiger partial charge in [0.15, 0.2) is 0 Å². The van der Waals surface area contributed by atoms with E-state index < -0.39 is 5.97 Å². The van der Waals surface area contributed by atoms with E-state index in [1.54, 1.807) is 12.1 Å². The van der Waals surface area contributed by atoms with E-state index in [4.69, 9.17) is 10.2 Å². The smallest absolute Gasteiger partial charge is 0.339 e. The zero-order valence-corrected chi connectivity index (χ0v) is 10.7. The molecule has 4 nitrogen and oxygen atoms in total. The van der Waals surface area contributed by atoms with Crippen molar-refractivity contribution in [3.8, 4) is 5.75 Å². The number of para-hydroxylation sites is 1. The van der Waals surface area contributed by atoms with Crippen LogP contribution in [0.1, 0.15) is 31.1 Å². The van der Waals surface area contributed by atoms with Crippen LogP contribution >= 0.6 is 0 Å². The third kappa shape index (κ3) is 5.92. The molecular weight excluding hydrogens is 218 g/mol. The third-order valence-electron chi connectivity index (χ3n) is 2.48. The molecule has 1 rings (SSSR count). The van der Waals surface area contributed by atoms with Crippen molar-refractivity contribution in [2.45, 2.75) is 20.8 Å². The fourth-order valence-corrected chi connectivity index (χ4v) is 1.33. The van der Waals surface area contributed by atoms with Crippen molar-refractivity contribution in [3.63, 3.8) is 0 Å². The monoisotopic (exact) mass is 239 g/mol. The van der Waals surface area contributed by atoms with E-state index in [0.717, 1.165) is 0 Å². The van der Waals surface area contributed by atoms with Crippen LogP contribution in [0.15, 0.2) is 24.3 Å². The van der Waals surface area contributed by atoms with Gasteiger partial charge in [-0.3, -0.25) is 0 Å². The molecule has 0 spiro atoms. The molecule has 0 bridgehead atoms. The molecule has 17 heavy (non-hydrogen) atoms. The molecule has 0 aliphatic carbocycles. The van der Waals surface area contributed by atoms with Crippen molar-refractivity contribution in [1.29, 1.82) is 0 Å². The quantitative estimate of drug-likeness (QED) is 0.847. The Morgan fingerprint density at radius 1 is 1.12 bits per heavy atom. The van der Waals surface area contributed by atoms with Crippen molar-refractivity contribution in [2.24, 2.45) is 0 Å². The highest BCUT2D eigenvalue weighted by atomic mass is 16.4. The van der Waals surface area contributed by atoms with Crippen LogP contribution in [0.4, 0.5) is 0 Å². The van der Waals surface area contributed by atoms with Crippen molar-refractivity contribution in [1.82, 2.24) is 4.90 Å². The molecule has 4 heteroatoms. The molecule has 0 saturated heterocycles. The molecular formula is C13H21NO3. The lowest BCUT2D eigenvalue weighted by atomic mass is 10.2. The van der Waals surface area contributed by atoms with Crippen LogP contribution < -0.4 is 0 Å². The number of rotatable bonds is 4. The predicted octanol–water partition coefficient (Wildman–Crippen LogP) is 2.44. The first-order chi connectivity index (χ1) is 8.06. The topological polar surface area (TPSA) is 60.8 Å². The van der Waals surface area contributed by atoms with Crippen molar-refractivity contribution in [3.05, 3.63) is 29.8 Å². The van der Waals surface area contributed by atoms with Gasteiger partial charge in [-0.15, -0.1) is 0 Å². The Bertz CT molecular complexity index is 330. The largest absolute Gasteiger partial charge is 0.507 e. The van der Waals surface area contributed by atoms with Gasteiger partial charge in [0.05, 0.1) is 0 Å². The maximum atomic E-state index is 10.3. The minimum absolute atomic E-state index is 0.0671. The number of aromatic carboxylic acids is 1. The Kier molecular flexibility index (Phi) is 7.80. The van der Waals surface area contributed by atoms with E-state index in [9.17, 15) is 4.79 Å². The highest BCUT2D eigenvalue weighted by molar-refractivity contribution is 5.90. The number of hydrogen-bond acceptors (Lipinski definition) is 3. The van der Waals surface area contributed by atoms with Crippen LogP contribution in [0.25, 0.3) is 0 Å². The average Bonchev–Trinajstić information content (AvgIpc) is 2.32. The Hall–Kier alpha value is -1.55. The molecule has 96 valence electrons. The minimum atomic E-state index is -1.11. The van der Waals surface area contributed by atoms with E-state index in [-0.39, 0.29) is 11.3 Å². The van der Waals surface area contributed by atoms with Crippen LogP contribution in [0.3, 0.4) is 0 Å². The SMILES string of the molecule is CCN(CC)CC.O=C(O)c1ccccc1O. The zero-order valence-electron chi connectivity index (χ0n) is 10.7. The van der Waals surface area contributed by atoms with E-state index in [2.05, 4.69) is 25.7 Å². The molecule has 2 N–H and O–H groups in total. The van der Waals surface area contributed by atoms with Gasteiger partial charge in [0.25, 0.3) is 0 Å². The first-order valence-electron chi connectivity index (χ1n) is 5.80. The summed E-state index contributed by atoms with van der Waals surface area (Å²) in [6.07, 6.45) is 0. The summed E-state index contributed by atoms with van der Waals surface area (Å²) in [5.74, 6) is -1.31. The van der Waals surface area contributed by atoms with Gasteiger partial charge < -0.3 is 15.1 Å². The van der Waals surface area contributed by atoms with Gasteiger partial charge in [-0.25, -0.2) is 4.79 Å². The Morgan fingerprint density at radius 2 is 1.59 bits per heavy atom. The Morgan fingerprint density at radius 3 is 1.82 bits per heavy atom. The maximum absolute atomic E-state index is 10.3. The number of benzene rings is 1. The third-order valence-corrected chi connectivity index (χ3v) is 2.48. The molecule has 0 radical (unpaired) electrons.